The summed E-state index contributed by atoms with van der Waals surface area (Å²) in [5, 5.41) is -0.629. The van der Waals surface area contributed by atoms with Crippen molar-refractivity contribution in [2.24, 2.45) is 5.92 Å². The Morgan fingerprint density at radius 2 is 1.40 bits per heavy atom. The predicted molar refractivity (Wildman–Crippen MR) is 116 cm³/mol. The minimum absolute atomic E-state index is 0.0443. The first-order valence-corrected chi connectivity index (χ1v) is 13.4. The van der Waals surface area contributed by atoms with Crippen molar-refractivity contribution < 1.29 is 43.2 Å². The second-order valence-corrected chi connectivity index (χ2v) is 13.4. The maximum absolute atomic E-state index is 13.1. The van der Waals surface area contributed by atoms with Gasteiger partial charge in [0.1, 0.15) is 4.90 Å². The zero-order chi connectivity index (χ0) is 26.6. The molecule has 1 saturated carbocycles. The molecule has 2 aromatic carbocycles. The molecule has 0 aliphatic heterocycles. The number of sulfonamides is 1. The van der Waals surface area contributed by atoms with Crippen LogP contribution in [0, 0.1) is 5.92 Å². The molecule has 1 aliphatic rings. The van der Waals surface area contributed by atoms with Crippen LogP contribution in [0.5, 0.6) is 0 Å². The number of hydrogen-bond acceptors (Lipinski definition) is 4. The van der Waals surface area contributed by atoms with Crippen molar-refractivity contribution in [1.82, 2.24) is 4.72 Å². The quantitative estimate of drug-likeness (QED) is 0.458. The monoisotopic (exact) mass is 563 g/mol. The third-order valence-electron chi connectivity index (χ3n) is 6.16. The molecule has 2 aromatic rings. The van der Waals surface area contributed by atoms with E-state index in [1.54, 1.807) is 0 Å². The maximum Gasteiger partial charge on any atom is 0.416 e. The van der Waals surface area contributed by atoms with E-state index in [0.29, 0.717) is 18.2 Å². The Morgan fingerprint density at radius 1 is 0.857 bits per heavy atom. The average molecular weight is 564 g/mol. The van der Waals surface area contributed by atoms with Gasteiger partial charge >= 0.3 is 12.4 Å². The van der Waals surface area contributed by atoms with Crippen LogP contribution in [0.2, 0.25) is 5.02 Å². The average Bonchev–Trinajstić information content (AvgIpc) is 2.68. The lowest BCUT2D eigenvalue weighted by molar-refractivity contribution is -0.138. The highest BCUT2D eigenvalue weighted by Gasteiger charge is 2.49. The number of rotatable bonds is 6. The molecule has 0 unspecified atom stereocenters. The molecule has 194 valence electrons. The second kappa shape index (κ2) is 8.93. The summed E-state index contributed by atoms with van der Waals surface area (Å²) in [5.74, 6) is -0.599. The normalized spacial score (nSPS) is 19.9. The smallest absolute Gasteiger partial charge is 0.223 e. The van der Waals surface area contributed by atoms with Crippen LogP contribution < -0.4 is 4.72 Å². The van der Waals surface area contributed by atoms with Crippen molar-refractivity contribution in [3.8, 4) is 0 Å². The Hall–Kier alpha value is -1.83. The summed E-state index contributed by atoms with van der Waals surface area (Å²) < 4.78 is 130. The van der Waals surface area contributed by atoms with Crippen molar-refractivity contribution in [3.05, 3.63) is 58.6 Å². The number of nitrogens with one attached hydrogen (secondary N) is 1. The van der Waals surface area contributed by atoms with Crippen molar-refractivity contribution in [3.63, 3.8) is 0 Å². The molecule has 0 amide bonds. The number of hydrogen-bond donors (Lipinski definition) is 1. The Bertz CT molecular complexity index is 1330. The Morgan fingerprint density at radius 3 is 1.91 bits per heavy atom. The van der Waals surface area contributed by atoms with Crippen molar-refractivity contribution in [2.45, 2.75) is 59.6 Å². The molecular weight excluding hydrogens is 544 g/mol. The highest BCUT2D eigenvalue weighted by Crippen LogP contribution is 2.44. The van der Waals surface area contributed by atoms with E-state index in [1.807, 2.05) is 0 Å². The number of sulfone groups is 1. The Labute approximate surface area is 203 Å². The molecule has 0 saturated heterocycles. The summed E-state index contributed by atoms with van der Waals surface area (Å²) in [6.07, 6.45) is -9.35. The Balaban J connectivity index is 1.75. The summed E-state index contributed by atoms with van der Waals surface area (Å²) in [7, 11) is -8.55. The summed E-state index contributed by atoms with van der Waals surface area (Å²) >= 11 is 5.76. The van der Waals surface area contributed by atoms with Gasteiger partial charge in [0.15, 0.2) is 9.84 Å². The van der Waals surface area contributed by atoms with E-state index < -0.39 is 74.9 Å². The number of benzene rings is 2. The molecule has 3 rings (SSSR count). The van der Waals surface area contributed by atoms with Crippen LogP contribution in [0.1, 0.15) is 37.8 Å². The molecule has 14 heteroatoms. The van der Waals surface area contributed by atoms with E-state index in [9.17, 15) is 43.2 Å². The van der Waals surface area contributed by atoms with Gasteiger partial charge in [-0.15, -0.1) is 0 Å². The van der Waals surface area contributed by atoms with Crippen LogP contribution in [0.3, 0.4) is 0 Å². The minimum Gasteiger partial charge on any atom is -0.223 e. The summed E-state index contributed by atoms with van der Waals surface area (Å²) in [4.78, 5) is -1.07. The van der Waals surface area contributed by atoms with Crippen molar-refractivity contribution >= 4 is 31.5 Å². The zero-order valence-corrected chi connectivity index (χ0v) is 20.6. The van der Waals surface area contributed by atoms with E-state index in [0.717, 1.165) is 24.3 Å². The highest BCUT2D eigenvalue weighted by molar-refractivity contribution is 7.92. The predicted octanol–water partition coefficient (Wildman–Crippen LogP) is 5.69. The van der Waals surface area contributed by atoms with E-state index >= 15 is 0 Å². The molecule has 0 heterocycles. The van der Waals surface area contributed by atoms with Gasteiger partial charge in [0.2, 0.25) is 10.0 Å². The molecule has 0 spiro atoms. The summed E-state index contributed by atoms with van der Waals surface area (Å²) in [6.45, 7) is 2.70. The molecule has 0 aromatic heterocycles. The molecule has 5 nitrogen and oxygen atoms in total. The standard InChI is InChI=1S/C21H20ClF6NO4S2/c1-19(2,34(30,31)16-5-3-4-12(10-16)20(23,24)25)14-8-15(9-14)29-35(32,33)18-7-6-13(11-17(18)22)21(26,27)28/h3-7,10-11,14-15,29H,8-9H2,1-2H3/t14-,15-. The molecule has 0 atom stereocenters. The van der Waals surface area contributed by atoms with Gasteiger partial charge in [0, 0.05) is 6.04 Å². The van der Waals surface area contributed by atoms with E-state index in [4.69, 9.17) is 11.6 Å². The summed E-state index contributed by atoms with van der Waals surface area (Å²) in [5.41, 5.74) is -2.23. The van der Waals surface area contributed by atoms with Gasteiger partial charge in [-0.1, -0.05) is 17.7 Å². The van der Waals surface area contributed by atoms with Gasteiger partial charge < -0.3 is 0 Å². The maximum atomic E-state index is 13.1. The topological polar surface area (TPSA) is 80.3 Å². The van der Waals surface area contributed by atoms with E-state index in [2.05, 4.69) is 4.72 Å². The molecule has 1 N–H and O–H groups in total. The van der Waals surface area contributed by atoms with Gasteiger partial charge in [-0.2, -0.15) is 26.3 Å². The SMILES string of the molecule is CC(C)([C@H]1C[C@H](NS(=O)(=O)c2ccc(C(F)(F)F)cc2Cl)C1)S(=O)(=O)c1cccc(C(F)(F)F)c1. The first-order valence-electron chi connectivity index (χ1n) is 10.1. The van der Waals surface area contributed by atoms with Crippen LogP contribution in [0.4, 0.5) is 26.3 Å². The van der Waals surface area contributed by atoms with Crippen molar-refractivity contribution in [2.75, 3.05) is 0 Å². The molecule has 35 heavy (non-hydrogen) atoms. The first-order chi connectivity index (χ1) is 15.8. The lowest BCUT2D eigenvalue weighted by Crippen LogP contribution is -2.53. The fourth-order valence-corrected chi connectivity index (χ4v) is 7.41. The Kier molecular flexibility index (Phi) is 7.08. The minimum atomic E-state index is -4.73. The zero-order valence-electron chi connectivity index (χ0n) is 18.2. The lowest BCUT2D eigenvalue weighted by atomic mass is 9.73. The van der Waals surface area contributed by atoms with Crippen LogP contribution in [-0.2, 0) is 32.2 Å². The molecule has 0 radical (unpaired) electrons. The van der Waals surface area contributed by atoms with Gasteiger partial charge in [0.05, 0.1) is 25.8 Å². The summed E-state index contributed by atoms with van der Waals surface area (Å²) in [6, 6.07) is 4.44. The first kappa shape index (κ1) is 27.8. The highest BCUT2D eigenvalue weighted by atomic mass is 35.5. The lowest BCUT2D eigenvalue weighted by Gasteiger charge is -2.44. The van der Waals surface area contributed by atoms with Crippen LogP contribution >= 0.6 is 11.6 Å². The van der Waals surface area contributed by atoms with Crippen LogP contribution in [0.25, 0.3) is 0 Å². The fraction of sp³-hybridized carbons (Fsp3) is 0.429. The second-order valence-electron chi connectivity index (χ2n) is 8.76. The van der Waals surface area contributed by atoms with E-state index in [-0.39, 0.29) is 12.8 Å². The van der Waals surface area contributed by atoms with Crippen molar-refractivity contribution in [1.29, 1.82) is 0 Å². The van der Waals surface area contributed by atoms with Gasteiger partial charge in [-0.05, 0) is 69.0 Å². The molecule has 1 aliphatic carbocycles. The molecule has 0 bridgehead atoms. The van der Waals surface area contributed by atoms with Crippen LogP contribution in [0.15, 0.2) is 52.3 Å². The third-order valence-corrected chi connectivity index (χ3v) is 10.8. The molecular formula is C21H20ClF6NO4S2. The number of alkyl halides is 6. The number of halogens is 7. The van der Waals surface area contributed by atoms with E-state index in [1.165, 1.54) is 13.8 Å². The van der Waals surface area contributed by atoms with Gasteiger partial charge in [-0.3, -0.25) is 0 Å². The third kappa shape index (κ3) is 5.47. The van der Waals surface area contributed by atoms with Gasteiger partial charge in [-0.25, -0.2) is 21.6 Å². The fourth-order valence-electron chi connectivity index (χ4n) is 3.82. The van der Waals surface area contributed by atoms with Crippen LogP contribution in [-0.4, -0.2) is 27.6 Å². The largest absolute Gasteiger partial charge is 0.416 e. The van der Waals surface area contributed by atoms with Gasteiger partial charge in [0.25, 0.3) is 0 Å². The molecule has 1 fully saturated rings.